The maximum atomic E-state index is 13.0. The van der Waals surface area contributed by atoms with Crippen molar-refractivity contribution in [2.75, 3.05) is 19.8 Å². The van der Waals surface area contributed by atoms with Gasteiger partial charge in [0.15, 0.2) is 6.29 Å². The lowest BCUT2D eigenvalue weighted by Crippen LogP contribution is -2.60. The highest BCUT2D eigenvalue weighted by molar-refractivity contribution is 5.76. The molecule has 11 nitrogen and oxygen atoms in total. The quantitative estimate of drug-likeness (QED) is 0.0195. The molecule has 472 valence electrons. The summed E-state index contributed by atoms with van der Waals surface area (Å²) in [5.74, 6) is -0.200. The fourth-order valence-electron chi connectivity index (χ4n) is 10.4. The van der Waals surface area contributed by atoms with Crippen LogP contribution in [-0.2, 0) is 23.8 Å². The second kappa shape index (κ2) is 59.1. The predicted molar refractivity (Wildman–Crippen MR) is 338 cm³/mol. The molecular formula is C70H127NO10. The van der Waals surface area contributed by atoms with E-state index in [2.05, 4.69) is 67.8 Å². The molecule has 1 fully saturated rings. The van der Waals surface area contributed by atoms with Crippen LogP contribution in [0.3, 0.4) is 0 Å². The van der Waals surface area contributed by atoms with Crippen LogP contribution >= 0.6 is 0 Å². The number of rotatable bonds is 59. The van der Waals surface area contributed by atoms with Crippen molar-refractivity contribution in [3.8, 4) is 0 Å². The van der Waals surface area contributed by atoms with Crippen molar-refractivity contribution in [1.29, 1.82) is 0 Å². The number of aliphatic hydroxyl groups is 5. The van der Waals surface area contributed by atoms with Crippen LogP contribution in [-0.4, -0.2) is 100 Å². The van der Waals surface area contributed by atoms with Crippen LogP contribution < -0.4 is 5.32 Å². The minimum absolute atomic E-state index is 0.00383. The molecule has 0 aromatic heterocycles. The van der Waals surface area contributed by atoms with Crippen molar-refractivity contribution >= 4 is 11.9 Å². The molecule has 7 atom stereocenters. The van der Waals surface area contributed by atoms with Crippen LogP contribution in [0.1, 0.15) is 309 Å². The monoisotopic (exact) mass is 1140 g/mol. The van der Waals surface area contributed by atoms with Crippen LogP contribution in [0.4, 0.5) is 0 Å². The standard InChI is InChI=1S/C70H127NO10/c1-3-5-7-9-11-13-14-15-16-17-29-32-35-38-42-46-50-54-58-66(75)79-59-55-51-47-43-39-36-33-30-27-25-23-21-19-18-20-22-24-26-28-31-34-37-41-45-49-53-57-65(74)71-62(63(73)56-52-48-44-40-12-10-8-6-4-2)61-80-70-69(78)68(77)67(76)64(60-72)81-70/h12-14,16-18,20,40,52,56,62-64,67-70,72-73,76-78H,3-11,15,19,21-39,41-51,53-55,57-61H2,1-2H3,(H,71,74)/b14-13-,17-16-,20-18-,40-12+,56-52+. The van der Waals surface area contributed by atoms with Crippen LogP contribution in [0, 0.1) is 0 Å². The Hall–Kier alpha value is -2.64. The average Bonchev–Trinajstić information content (AvgIpc) is 3.47. The van der Waals surface area contributed by atoms with E-state index in [1.807, 2.05) is 6.08 Å². The van der Waals surface area contributed by atoms with E-state index >= 15 is 0 Å². The molecule has 11 heteroatoms. The van der Waals surface area contributed by atoms with Crippen molar-refractivity contribution in [1.82, 2.24) is 5.32 Å². The van der Waals surface area contributed by atoms with Gasteiger partial charge in [0.05, 0.1) is 32.0 Å². The van der Waals surface area contributed by atoms with Crippen molar-refractivity contribution in [2.24, 2.45) is 0 Å². The Labute approximate surface area is 497 Å². The number of amides is 1. The third kappa shape index (κ3) is 48.3. The number of carbonyl (C=O) groups excluding carboxylic acids is 2. The Morgan fingerprint density at radius 3 is 1.32 bits per heavy atom. The average molecular weight is 1140 g/mol. The van der Waals surface area contributed by atoms with Crippen molar-refractivity contribution in [2.45, 2.75) is 352 Å². The smallest absolute Gasteiger partial charge is 0.305 e. The summed E-state index contributed by atoms with van der Waals surface area (Å²) in [5, 5.41) is 54.2. The molecule has 0 aliphatic carbocycles. The summed E-state index contributed by atoms with van der Waals surface area (Å²) in [6.45, 7) is 4.27. The molecule has 0 radical (unpaired) electrons. The highest BCUT2D eigenvalue weighted by Crippen LogP contribution is 2.23. The van der Waals surface area contributed by atoms with Crippen LogP contribution in [0.25, 0.3) is 0 Å². The Morgan fingerprint density at radius 2 is 0.840 bits per heavy atom. The first kappa shape index (κ1) is 76.4. The lowest BCUT2D eigenvalue weighted by Gasteiger charge is -2.40. The molecule has 0 spiro atoms. The zero-order chi connectivity index (χ0) is 58.7. The molecule has 81 heavy (non-hydrogen) atoms. The fourth-order valence-corrected chi connectivity index (χ4v) is 10.4. The zero-order valence-electron chi connectivity index (χ0n) is 52.2. The van der Waals surface area contributed by atoms with Crippen molar-refractivity contribution in [3.63, 3.8) is 0 Å². The van der Waals surface area contributed by atoms with Gasteiger partial charge in [0.1, 0.15) is 24.4 Å². The first-order chi connectivity index (χ1) is 39.7. The van der Waals surface area contributed by atoms with E-state index in [9.17, 15) is 35.1 Å². The highest BCUT2D eigenvalue weighted by Gasteiger charge is 2.44. The predicted octanol–water partition coefficient (Wildman–Crippen LogP) is 17.0. The lowest BCUT2D eigenvalue weighted by molar-refractivity contribution is -0.302. The van der Waals surface area contributed by atoms with E-state index in [1.165, 1.54) is 218 Å². The highest BCUT2D eigenvalue weighted by atomic mass is 16.7. The molecule has 1 rings (SSSR count). The van der Waals surface area contributed by atoms with E-state index in [-0.39, 0.29) is 18.5 Å². The molecule has 6 N–H and O–H groups in total. The molecule has 1 saturated heterocycles. The van der Waals surface area contributed by atoms with E-state index in [1.54, 1.807) is 6.08 Å². The molecule has 0 bridgehead atoms. The van der Waals surface area contributed by atoms with Gasteiger partial charge in [0.25, 0.3) is 0 Å². The Balaban J connectivity index is 1.94. The number of nitrogens with one attached hydrogen (secondary N) is 1. The van der Waals surface area contributed by atoms with Gasteiger partial charge in [0, 0.05) is 12.8 Å². The Kier molecular flexibility index (Phi) is 55.7. The van der Waals surface area contributed by atoms with Gasteiger partial charge in [0.2, 0.25) is 5.91 Å². The van der Waals surface area contributed by atoms with Gasteiger partial charge in [-0.05, 0) is 103 Å². The number of hydrogen-bond acceptors (Lipinski definition) is 10. The summed E-state index contributed by atoms with van der Waals surface area (Å²) < 4.78 is 16.7. The van der Waals surface area contributed by atoms with E-state index in [0.29, 0.717) is 19.4 Å². The molecule has 1 aliphatic heterocycles. The minimum Gasteiger partial charge on any atom is -0.466 e. The largest absolute Gasteiger partial charge is 0.466 e. The van der Waals surface area contributed by atoms with E-state index in [4.69, 9.17) is 14.2 Å². The lowest BCUT2D eigenvalue weighted by atomic mass is 9.99. The topological polar surface area (TPSA) is 175 Å². The van der Waals surface area contributed by atoms with Gasteiger partial charge < -0.3 is 45.1 Å². The molecular weight excluding hydrogens is 1010 g/mol. The number of esters is 1. The second-order valence-electron chi connectivity index (χ2n) is 23.5. The Bertz CT molecular complexity index is 1530. The summed E-state index contributed by atoms with van der Waals surface area (Å²) in [7, 11) is 0. The van der Waals surface area contributed by atoms with E-state index < -0.39 is 49.5 Å². The van der Waals surface area contributed by atoms with Crippen LogP contribution in [0.2, 0.25) is 0 Å². The first-order valence-corrected chi connectivity index (χ1v) is 34.1. The van der Waals surface area contributed by atoms with Gasteiger partial charge in [-0.1, -0.05) is 254 Å². The van der Waals surface area contributed by atoms with Gasteiger partial charge in [-0.2, -0.15) is 0 Å². The summed E-state index contributed by atoms with van der Waals surface area (Å²) in [4.78, 5) is 25.1. The van der Waals surface area contributed by atoms with Gasteiger partial charge in [-0.25, -0.2) is 0 Å². The SMILES string of the molecule is CCCCC/C=C/CC/C=C/C(O)C(COC1OC(CO)C(O)C(O)C1O)NC(=O)CCCCCCCCCCCC/C=C\CCCCCCCCCCCCCCOC(=O)CCCCCCCCC/C=C\C/C=C\CCCCCC. The zero-order valence-corrected chi connectivity index (χ0v) is 52.2. The van der Waals surface area contributed by atoms with Crippen molar-refractivity contribution < 1.29 is 49.3 Å². The first-order valence-electron chi connectivity index (χ1n) is 34.1. The van der Waals surface area contributed by atoms with Crippen molar-refractivity contribution in [3.05, 3.63) is 60.8 Å². The van der Waals surface area contributed by atoms with Gasteiger partial charge in [-0.15, -0.1) is 0 Å². The number of unbranched alkanes of at least 4 members (excludes halogenated alkanes) is 37. The number of hydrogen-bond donors (Lipinski definition) is 6. The third-order valence-corrected chi connectivity index (χ3v) is 15.8. The molecule has 0 saturated carbocycles. The molecule has 0 aromatic carbocycles. The molecule has 7 unspecified atom stereocenters. The van der Waals surface area contributed by atoms with E-state index in [0.717, 1.165) is 64.2 Å². The van der Waals surface area contributed by atoms with Crippen LogP contribution in [0.15, 0.2) is 60.8 Å². The Morgan fingerprint density at radius 1 is 0.457 bits per heavy atom. The number of ether oxygens (including phenoxy) is 3. The maximum absolute atomic E-state index is 13.0. The summed E-state index contributed by atoms with van der Waals surface area (Å²) in [5.41, 5.74) is 0. The molecule has 0 aromatic rings. The third-order valence-electron chi connectivity index (χ3n) is 15.8. The number of carbonyl (C=O) groups is 2. The second-order valence-corrected chi connectivity index (χ2v) is 23.5. The minimum atomic E-state index is -1.58. The maximum Gasteiger partial charge on any atom is 0.305 e. The van der Waals surface area contributed by atoms with Gasteiger partial charge in [-0.3, -0.25) is 9.59 Å². The summed E-state index contributed by atoms with van der Waals surface area (Å²) >= 11 is 0. The van der Waals surface area contributed by atoms with Crippen LogP contribution in [0.5, 0.6) is 0 Å². The summed E-state index contributed by atoms with van der Waals surface area (Å²) in [6, 6.07) is -0.829. The summed E-state index contributed by atoms with van der Waals surface area (Å²) in [6.07, 6.45) is 67.9. The molecule has 1 heterocycles. The number of allylic oxidation sites excluding steroid dienone is 9. The normalized spacial score (nSPS) is 18.6. The fraction of sp³-hybridized carbons (Fsp3) is 0.829. The number of aliphatic hydroxyl groups excluding tert-OH is 5. The van der Waals surface area contributed by atoms with Gasteiger partial charge >= 0.3 is 5.97 Å². The molecule has 1 amide bonds. The molecule has 1 aliphatic rings.